The van der Waals surface area contributed by atoms with Crippen LogP contribution in [0.1, 0.15) is 50.5 Å². The highest BCUT2D eigenvalue weighted by Crippen LogP contribution is 2.42. The number of hydrogen-bond acceptors (Lipinski definition) is 5. The smallest absolute Gasteiger partial charge is 0.410 e. The minimum atomic E-state index is -0.523. The van der Waals surface area contributed by atoms with Crippen LogP contribution in [0.5, 0.6) is 0 Å². The molecule has 0 aromatic carbocycles. The van der Waals surface area contributed by atoms with Crippen LogP contribution in [0.3, 0.4) is 0 Å². The first-order valence-electron chi connectivity index (χ1n) is 9.52. The van der Waals surface area contributed by atoms with Gasteiger partial charge in [-0.25, -0.2) is 9.78 Å². The predicted molar refractivity (Wildman–Crippen MR) is 103 cm³/mol. The van der Waals surface area contributed by atoms with Crippen molar-refractivity contribution in [3.63, 3.8) is 0 Å². The fourth-order valence-corrected chi connectivity index (χ4v) is 5.08. The number of hydrogen-bond donors (Lipinski definition) is 1. The second kappa shape index (κ2) is 6.82. The van der Waals surface area contributed by atoms with Gasteiger partial charge < -0.3 is 15.0 Å². The number of ether oxygens (including phenoxy) is 1. The summed E-state index contributed by atoms with van der Waals surface area (Å²) in [5, 5.41) is 4.93. The topological polar surface area (TPSA) is 75.9 Å². The number of nitrogens with one attached hydrogen (secondary N) is 1. The number of aromatic nitrogens is 2. The fourth-order valence-electron chi connectivity index (χ4n) is 4.39. The van der Waals surface area contributed by atoms with Crippen molar-refractivity contribution in [1.29, 1.82) is 0 Å². The quantitative estimate of drug-likeness (QED) is 0.873. The van der Waals surface area contributed by atoms with Crippen molar-refractivity contribution in [2.45, 2.75) is 51.7 Å². The summed E-state index contributed by atoms with van der Waals surface area (Å²) in [7, 11) is 0. The van der Waals surface area contributed by atoms with Gasteiger partial charge in [-0.15, -0.1) is 11.3 Å². The Morgan fingerprint density at radius 1 is 1.37 bits per heavy atom. The summed E-state index contributed by atoms with van der Waals surface area (Å²) in [6.45, 7) is 6.80. The number of rotatable bonds is 3. The summed E-state index contributed by atoms with van der Waals surface area (Å²) in [6, 6.07) is -0.0119. The highest BCUT2D eigenvalue weighted by Gasteiger charge is 2.47. The minimum absolute atomic E-state index is 0.0119. The molecular formula is C19H26N4O3S. The molecule has 1 N–H and O–H groups in total. The molecular weight excluding hydrogens is 364 g/mol. The first kappa shape index (κ1) is 18.3. The Hall–Kier alpha value is -2.09. The molecule has 1 aliphatic heterocycles. The second-order valence-corrected chi connectivity index (χ2v) is 9.34. The molecule has 8 heteroatoms. The summed E-state index contributed by atoms with van der Waals surface area (Å²) in [6.07, 6.45) is 6.61. The molecule has 1 aliphatic carbocycles. The van der Waals surface area contributed by atoms with Crippen LogP contribution in [-0.4, -0.2) is 51.0 Å². The van der Waals surface area contributed by atoms with Crippen LogP contribution in [0, 0.1) is 11.8 Å². The van der Waals surface area contributed by atoms with Crippen LogP contribution in [0.2, 0.25) is 0 Å². The van der Waals surface area contributed by atoms with Crippen LogP contribution in [0.15, 0.2) is 17.8 Å². The van der Waals surface area contributed by atoms with Crippen molar-refractivity contribution in [2.75, 3.05) is 13.1 Å². The van der Waals surface area contributed by atoms with Crippen LogP contribution >= 0.6 is 11.3 Å². The molecule has 0 unspecified atom stereocenters. The summed E-state index contributed by atoms with van der Waals surface area (Å²) in [4.78, 5) is 32.2. The van der Waals surface area contributed by atoms with E-state index in [-0.39, 0.29) is 18.0 Å². The lowest BCUT2D eigenvalue weighted by molar-refractivity contribution is 0.0200. The third kappa shape index (κ3) is 3.54. The summed E-state index contributed by atoms with van der Waals surface area (Å²) in [5.41, 5.74) is 0.00103. The largest absolute Gasteiger partial charge is 0.444 e. The number of carbonyl (C=O) groups is 2. The number of carbonyl (C=O) groups excluding carboxylic acids is 2. The summed E-state index contributed by atoms with van der Waals surface area (Å²) >= 11 is 1.49. The van der Waals surface area contributed by atoms with Crippen molar-refractivity contribution in [3.8, 4) is 0 Å². The van der Waals surface area contributed by atoms with Crippen molar-refractivity contribution in [3.05, 3.63) is 23.5 Å². The maximum Gasteiger partial charge on any atom is 0.410 e. The van der Waals surface area contributed by atoms with Gasteiger partial charge >= 0.3 is 6.09 Å². The number of amides is 2. The standard InChI is InChI=1S/C19H26N4O3S/c1-19(2,3)26-18(25)23-11-12-5-4-6-13(12)14(23)9-20-16(24)15-10-21-17-22(15)7-8-27-17/h7-8,10,12-14H,4-6,9,11H2,1-3H3,(H,20,24)/t12-,13-,14+/m0/s1. The Bertz CT molecular complexity index is 853. The molecule has 0 radical (unpaired) electrons. The molecule has 0 bridgehead atoms. The van der Waals surface area contributed by atoms with E-state index in [4.69, 9.17) is 4.74 Å². The van der Waals surface area contributed by atoms with Crippen LogP contribution in [-0.2, 0) is 4.74 Å². The van der Waals surface area contributed by atoms with E-state index < -0.39 is 5.60 Å². The lowest BCUT2D eigenvalue weighted by Gasteiger charge is -2.30. The van der Waals surface area contributed by atoms with E-state index in [1.165, 1.54) is 17.8 Å². The Balaban J connectivity index is 1.46. The number of fused-ring (bicyclic) bond motifs is 2. The summed E-state index contributed by atoms with van der Waals surface area (Å²) < 4.78 is 7.40. The van der Waals surface area contributed by atoms with Gasteiger partial charge in [-0.2, -0.15) is 0 Å². The van der Waals surface area contributed by atoms with E-state index >= 15 is 0 Å². The number of likely N-dealkylation sites (tertiary alicyclic amines) is 1. The van der Waals surface area contributed by atoms with Crippen LogP contribution in [0.25, 0.3) is 4.96 Å². The zero-order chi connectivity index (χ0) is 19.2. The van der Waals surface area contributed by atoms with Crippen molar-refractivity contribution >= 4 is 28.3 Å². The average Bonchev–Trinajstić information content (AvgIpc) is 3.31. The Morgan fingerprint density at radius 2 is 2.19 bits per heavy atom. The molecule has 1 saturated heterocycles. The van der Waals surface area contributed by atoms with Gasteiger partial charge in [-0.05, 0) is 45.4 Å². The molecule has 0 spiro atoms. The van der Waals surface area contributed by atoms with Gasteiger partial charge in [-0.1, -0.05) is 6.42 Å². The monoisotopic (exact) mass is 390 g/mol. The maximum atomic E-state index is 12.7. The fraction of sp³-hybridized carbons (Fsp3) is 0.632. The van der Waals surface area contributed by atoms with E-state index in [0.29, 0.717) is 24.1 Å². The van der Waals surface area contributed by atoms with E-state index in [0.717, 1.165) is 24.3 Å². The van der Waals surface area contributed by atoms with Gasteiger partial charge in [-0.3, -0.25) is 9.20 Å². The molecule has 1 saturated carbocycles. The molecule has 2 amide bonds. The zero-order valence-corrected chi connectivity index (χ0v) is 16.8. The van der Waals surface area contributed by atoms with Crippen LogP contribution in [0.4, 0.5) is 4.79 Å². The van der Waals surface area contributed by atoms with Gasteiger partial charge in [0, 0.05) is 24.7 Å². The molecule has 27 heavy (non-hydrogen) atoms. The zero-order valence-electron chi connectivity index (χ0n) is 16.0. The molecule has 3 atom stereocenters. The molecule has 7 nitrogen and oxygen atoms in total. The van der Waals surface area contributed by atoms with Crippen LogP contribution < -0.4 is 5.32 Å². The maximum absolute atomic E-state index is 12.7. The lowest BCUT2D eigenvalue weighted by Crippen LogP contribution is -2.47. The SMILES string of the molecule is CC(C)(C)OC(=O)N1C[C@@H]2CCC[C@@H]2[C@H]1CNC(=O)c1cnc2sccn12. The van der Waals surface area contributed by atoms with E-state index in [2.05, 4.69) is 10.3 Å². The number of thiazole rings is 1. The molecule has 2 fully saturated rings. The Kier molecular flexibility index (Phi) is 4.61. The second-order valence-electron chi connectivity index (χ2n) is 8.46. The van der Waals surface area contributed by atoms with Gasteiger partial charge in [0.15, 0.2) is 4.96 Å². The van der Waals surface area contributed by atoms with Gasteiger partial charge in [0.1, 0.15) is 11.3 Å². The Labute approximate surface area is 162 Å². The van der Waals surface area contributed by atoms with E-state index in [9.17, 15) is 9.59 Å². The first-order chi connectivity index (χ1) is 12.8. The highest BCUT2D eigenvalue weighted by atomic mass is 32.1. The molecule has 3 heterocycles. The van der Waals surface area contributed by atoms with Crippen molar-refractivity contribution < 1.29 is 14.3 Å². The lowest BCUT2D eigenvalue weighted by atomic mass is 9.94. The van der Waals surface area contributed by atoms with Gasteiger partial charge in [0.25, 0.3) is 5.91 Å². The molecule has 2 aromatic heterocycles. The molecule has 2 aromatic rings. The Morgan fingerprint density at radius 3 is 2.96 bits per heavy atom. The van der Waals surface area contributed by atoms with Crippen molar-refractivity contribution in [1.82, 2.24) is 19.6 Å². The van der Waals surface area contributed by atoms with Crippen molar-refractivity contribution in [2.24, 2.45) is 11.8 Å². The number of imidazole rings is 1. The predicted octanol–water partition coefficient (Wildman–Crippen LogP) is 3.16. The van der Waals surface area contributed by atoms with E-state index in [1.54, 1.807) is 10.6 Å². The normalized spacial score (nSPS) is 25.0. The van der Waals surface area contributed by atoms with Gasteiger partial charge in [0.2, 0.25) is 0 Å². The molecule has 4 rings (SSSR count). The molecule has 146 valence electrons. The third-order valence-corrected chi connectivity index (χ3v) is 6.29. The molecule has 2 aliphatic rings. The van der Waals surface area contributed by atoms with Gasteiger partial charge in [0.05, 0.1) is 12.2 Å². The number of nitrogens with zero attached hydrogens (tertiary/aromatic N) is 3. The van der Waals surface area contributed by atoms with E-state index in [1.807, 2.05) is 37.2 Å². The first-order valence-corrected chi connectivity index (χ1v) is 10.4. The highest BCUT2D eigenvalue weighted by molar-refractivity contribution is 7.15. The third-order valence-electron chi connectivity index (χ3n) is 5.52. The average molecular weight is 391 g/mol. The summed E-state index contributed by atoms with van der Waals surface area (Å²) in [5.74, 6) is 0.786. The minimum Gasteiger partial charge on any atom is -0.444 e.